The Hall–Kier alpha value is -1.26. The maximum absolute atomic E-state index is 9.35. The molecule has 0 heterocycles. The van der Waals surface area contributed by atoms with Crippen LogP contribution in [0.1, 0.15) is 0 Å². The summed E-state index contributed by atoms with van der Waals surface area (Å²) >= 11 is 0. The monoisotopic (exact) mass is 102 g/mol. The second kappa shape index (κ2) is 2.01. The minimum atomic E-state index is -1.62. The van der Waals surface area contributed by atoms with E-state index in [1.54, 1.807) is 0 Å². The molecule has 0 rings (SSSR count). The molecule has 0 aromatic heterocycles. The molecule has 4 N–H and O–H groups in total. The summed E-state index contributed by atoms with van der Waals surface area (Å²) in [6, 6.07) is 0. The van der Waals surface area contributed by atoms with Crippen molar-refractivity contribution in [2.75, 3.05) is 0 Å². The Morgan fingerprint density at radius 3 is 2.00 bits per heavy atom. The van der Waals surface area contributed by atoms with E-state index in [0.29, 0.717) is 0 Å². The maximum Gasteiger partial charge on any atom is 0.192 e. The van der Waals surface area contributed by atoms with Gasteiger partial charge in [0.1, 0.15) is 0 Å². The predicted octanol–water partition coefficient (Wildman–Crippen LogP) is -2.40. The van der Waals surface area contributed by atoms with Gasteiger partial charge in [0.05, 0.1) is 0 Å². The first-order chi connectivity index (χ1) is 3.13. The highest BCUT2D eigenvalue weighted by Gasteiger charge is 1.74. The molecule has 5 heteroatoms. The van der Waals surface area contributed by atoms with E-state index < -0.39 is 12.1 Å². The molecule has 0 saturated heterocycles. The Morgan fingerprint density at radius 1 is 1.57 bits per heavy atom. The lowest BCUT2D eigenvalue weighted by Crippen LogP contribution is -2.28. The molecular formula is C2H4N3O2-. The van der Waals surface area contributed by atoms with E-state index in [2.05, 4.69) is 16.5 Å². The number of carbonyl (C=O) groups excluding carboxylic acids is 1. The van der Waals surface area contributed by atoms with Crippen LogP contribution in [0.4, 0.5) is 4.79 Å². The van der Waals surface area contributed by atoms with E-state index in [0.717, 1.165) is 0 Å². The fourth-order valence-electron chi connectivity index (χ4n) is 0.105. The molecule has 0 saturated carbocycles. The fraction of sp³-hybridized carbons (Fsp3) is 0. The summed E-state index contributed by atoms with van der Waals surface area (Å²) in [7, 11) is 0. The van der Waals surface area contributed by atoms with Crippen LogP contribution in [0.15, 0.2) is 4.99 Å². The van der Waals surface area contributed by atoms with Crippen molar-refractivity contribution < 1.29 is 9.90 Å². The highest BCUT2D eigenvalue weighted by Crippen LogP contribution is 1.59. The lowest BCUT2D eigenvalue weighted by Gasteiger charge is -1.89. The lowest BCUT2D eigenvalue weighted by molar-refractivity contribution is -0.245. The third-order valence-corrected chi connectivity index (χ3v) is 0.220. The molecule has 0 aromatic rings. The normalized spacial score (nSPS) is 7.43. The van der Waals surface area contributed by atoms with E-state index in [4.69, 9.17) is 0 Å². The van der Waals surface area contributed by atoms with Crippen molar-refractivity contribution in [2.24, 2.45) is 16.5 Å². The first-order valence-electron chi connectivity index (χ1n) is 1.43. The molecule has 0 aliphatic heterocycles. The number of nitrogens with zero attached hydrogens (tertiary/aromatic N) is 1. The van der Waals surface area contributed by atoms with Crippen LogP contribution in [0.5, 0.6) is 0 Å². The summed E-state index contributed by atoms with van der Waals surface area (Å²) in [4.78, 5) is 11.9. The third kappa shape index (κ3) is 4.74. The van der Waals surface area contributed by atoms with Crippen molar-refractivity contribution >= 4 is 12.1 Å². The summed E-state index contributed by atoms with van der Waals surface area (Å²) in [5, 5.41) is 9.35. The van der Waals surface area contributed by atoms with E-state index in [1.165, 1.54) is 0 Å². The molecule has 0 aliphatic carbocycles. The smallest absolute Gasteiger partial charge is 0.192 e. The Morgan fingerprint density at radius 2 is 2.00 bits per heavy atom. The van der Waals surface area contributed by atoms with Crippen molar-refractivity contribution in [1.29, 1.82) is 0 Å². The molecule has 5 nitrogen and oxygen atoms in total. The molecule has 40 valence electrons. The summed E-state index contributed by atoms with van der Waals surface area (Å²) in [5.74, 6) is -0.500. The number of guanidine groups is 1. The van der Waals surface area contributed by atoms with Crippen LogP contribution in [0.25, 0.3) is 0 Å². The molecule has 7 heavy (non-hydrogen) atoms. The number of aliphatic imine (C=N–C) groups is 1. The van der Waals surface area contributed by atoms with Gasteiger partial charge in [-0.05, 0) is 0 Å². The van der Waals surface area contributed by atoms with Crippen LogP contribution in [-0.2, 0) is 0 Å². The highest BCUT2D eigenvalue weighted by molar-refractivity contribution is 5.86. The van der Waals surface area contributed by atoms with Crippen molar-refractivity contribution in [3.8, 4) is 0 Å². The van der Waals surface area contributed by atoms with Crippen LogP contribution in [0, 0.1) is 0 Å². The molecule has 0 bridgehead atoms. The van der Waals surface area contributed by atoms with Gasteiger partial charge in [-0.15, -0.1) is 0 Å². The van der Waals surface area contributed by atoms with Crippen molar-refractivity contribution in [2.45, 2.75) is 0 Å². The van der Waals surface area contributed by atoms with Crippen LogP contribution in [-0.4, -0.2) is 12.1 Å². The molecule has 1 amide bonds. The molecule has 0 aliphatic rings. The zero-order chi connectivity index (χ0) is 5.86. The average Bonchev–Trinajstić information content (AvgIpc) is 1.27. The number of nitrogens with two attached hydrogens (primary N) is 2. The van der Waals surface area contributed by atoms with Crippen LogP contribution >= 0.6 is 0 Å². The number of hydrogen-bond acceptors (Lipinski definition) is 2. The predicted molar refractivity (Wildman–Crippen MR) is 21.2 cm³/mol. The topological polar surface area (TPSA) is 105 Å². The van der Waals surface area contributed by atoms with Gasteiger partial charge in [0.15, 0.2) is 12.1 Å². The average molecular weight is 102 g/mol. The summed E-state index contributed by atoms with van der Waals surface area (Å²) in [6.07, 6.45) is -1.62. The zero-order valence-electron chi connectivity index (χ0n) is 3.42. The maximum atomic E-state index is 9.35. The molecule has 0 spiro atoms. The third-order valence-electron chi connectivity index (χ3n) is 0.220. The Labute approximate surface area is 39.6 Å². The molecule has 0 aromatic carbocycles. The quantitative estimate of drug-likeness (QED) is 0.263. The summed E-state index contributed by atoms with van der Waals surface area (Å²) < 4.78 is 0. The first-order valence-corrected chi connectivity index (χ1v) is 1.43. The minimum Gasteiger partial charge on any atom is -0.528 e. The van der Waals surface area contributed by atoms with Gasteiger partial charge < -0.3 is 21.4 Å². The second-order valence-electron chi connectivity index (χ2n) is 0.803. The number of carboxylic acid groups (broad SMARTS) is 1. The van der Waals surface area contributed by atoms with Crippen LogP contribution < -0.4 is 16.6 Å². The fourth-order valence-corrected chi connectivity index (χ4v) is 0.105. The Bertz CT molecular complexity index is 104. The molecular weight excluding hydrogens is 98.0 g/mol. The van der Waals surface area contributed by atoms with E-state index in [-0.39, 0.29) is 0 Å². The van der Waals surface area contributed by atoms with Crippen molar-refractivity contribution in [3.05, 3.63) is 0 Å². The number of hydrogen-bond donors (Lipinski definition) is 2. The van der Waals surface area contributed by atoms with Crippen molar-refractivity contribution in [1.82, 2.24) is 0 Å². The number of amides is 1. The Balaban J connectivity index is 3.68. The number of carbonyl (C=O) groups is 1. The van der Waals surface area contributed by atoms with E-state index >= 15 is 0 Å². The van der Waals surface area contributed by atoms with Gasteiger partial charge in [0.25, 0.3) is 0 Å². The van der Waals surface area contributed by atoms with Gasteiger partial charge in [-0.25, -0.2) is 0 Å². The largest absolute Gasteiger partial charge is 0.528 e. The summed E-state index contributed by atoms with van der Waals surface area (Å²) in [5.41, 5.74) is 9.20. The second-order valence-corrected chi connectivity index (χ2v) is 0.803. The lowest BCUT2D eigenvalue weighted by atomic mass is 11.0. The van der Waals surface area contributed by atoms with Gasteiger partial charge >= 0.3 is 0 Å². The standard InChI is InChI=1S/C2H5N3O2/c3-1(4)5-2(6)7/h(H,6,7)(H4,3,4,5)/p-1. The number of rotatable bonds is 0. The van der Waals surface area contributed by atoms with Gasteiger partial charge in [-0.3, -0.25) is 0 Å². The molecule has 0 atom stereocenters. The first kappa shape index (κ1) is 5.74. The zero-order valence-corrected chi connectivity index (χ0v) is 3.42. The van der Waals surface area contributed by atoms with Crippen LogP contribution in [0.3, 0.4) is 0 Å². The van der Waals surface area contributed by atoms with Crippen molar-refractivity contribution in [3.63, 3.8) is 0 Å². The highest BCUT2D eigenvalue weighted by atomic mass is 16.4. The van der Waals surface area contributed by atoms with E-state index in [1.807, 2.05) is 0 Å². The van der Waals surface area contributed by atoms with Gasteiger partial charge in [0, 0.05) is 0 Å². The molecule has 0 fully saturated rings. The molecule has 0 unspecified atom stereocenters. The molecule has 0 radical (unpaired) electrons. The SMILES string of the molecule is NC(N)=NC(=O)[O-]. The van der Waals surface area contributed by atoms with Gasteiger partial charge in [-0.2, -0.15) is 4.99 Å². The summed E-state index contributed by atoms with van der Waals surface area (Å²) in [6.45, 7) is 0. The minimum absolute atomic E-state index is 0.500. The van der Waals surface area contributed by atoms with Gasteiger partial charge in [0.2, 0.25) is 0 Å². The Kier molecular flexibility index (Phi) is 1.65. The van der Waals surface area contributed by atoms with E-state index in [9.17, 15) is 9.90 Å². The van der Waals surface area contributed by atoms with Crippen LogP contribution in [0.2, 0.25) is 0 Å². The van der Waals surface area contributed by atoms with Gasteiger partial charge in [-0.1, -0.05) is 0 Å².